The van der Waals surface area contributed by atoms with Crippen molar-refractivity contribution in [1.82, 2.24) is 19.3 Å². The molecule has 0 aliphatic carbocycles. The van der Waals surface area contributed by atoms with E-state index in [0.29, 0.717) is 0 Å². The van der Waals surface area contributed by atoms with Crippen LogP contribution in [0.25, 0.3) is 67.3 Å². The van der Waals surface area contributed by atoms with Crippen molar-refractivity contribution in [2.45, 2.75) is 52.4 Å². The van der Waals surface area contributed by atoms with Crippen LogP contribution < -0.4 is 0 Å². The minimum absolute atomic E-state index is 0.0391. The molecule has 7 rings (SSSR count). The first kappa shape index (κ1) is 27.8. The van der Waals surface area contributed by atoms with Crippen LogP contribution in [0.5, 0.6) is 0 Å². The maximum Gasteiger partial charge on any atom is 0.162 e. The van der Waals surface area contributed by atoms with Gasteiger partial charge >= 0.3 is 0 Å². The predicted octanol–water partition coefficient (Wildman–Crippen LogP) is 10.6. The van der Waals surface area contributed by atoms with E-state index in [1.165, 1.54) is 32.7 Å². The molecule has 0 atom stereocenters. The molecule has 3 heterocycles. The highest BCUT2D eigenvalue weighted by atomic mass is 15.2. The van der Waals surface area contributed by atoms with Gasteiger partial charge in [-0.3, -0.25) is 4.57 Å². The molecular weight excluding hydrogens is 536 g/mol. The highest BCUT2D eigenvalue weighted by Crippen LogP contribution is 2.38. The number of fused-ring (bicyclic) bond motifs is 6. The Hall–Kier alpha value is -4.96. The molecule has 0 aliphatic rings. The molecule has 0 spiro atoms. The molecule has 7 aromatic rings. The third kappa shape index (κ3) is 4.36. The van der Waals surface area contributed by atoms with Gasteiger partial charge in [0, 0.05) is 27.6 Å². The van der Waals surface area contributed by atoms with Crippen LogP contribution >= 0.6 is 0 Å². The first-order chi connectivity index (χ1) is 21.0. The Bertz CT molecular complexity index is 2140. The van der Waals surface area contributed by atoms with Crippen LogP contribution in [-0.2, 0) is 10.8 Å². The van der Waals surface area contributed by atoms with Crippen LogP contribution in [0, 0.1) is 0 Å². The summed E-state index contributed by atoms with van der Waals surface area (Å²) in [6.07, 6.45) is 5.64. The summed E-state index contributed by atoms with van der Waals surface area (Å²) in [7, 11) is 0. The van der Waals surface area contributed by atoms with Gasteiger partial charge in [-0.1, -0.05) is 91.1 Å². The van der Waals surface area contributed by atoms with E-state index >= 15 is 0 Å². The summed E-state index contributed by atoms with van der Waals surface area (Å²) in [5, 5.41) is 14.1. The van der Waals surface area contributed by atoms with Crippen molar-refractivity contribution < 1.29 is 0 Å². The summed E-state index contributed by atoms with van der Waals surface area (Å²) < 4.78 is 4.55. The quantitative estimate of drug-likeness (QED) is 0.210. The number of rotatable bonds is 4. The van der Waals surface area contributed by atoms with Crippen molar-refractivity contribution in [2.75, 3.05) is 0 Å². The van der Waals surface area contributed by atoms with Gasteiger partial charge in [0.05, 0.1) is 34.0 Å². The zero-order chi connectivity index (χ0) is 31.0. The predicted molar refractivity (Wildman–Crippen MR) is 188 cm³/mol. The lowest BCUT2D eigenvalue weighted by Crippen LogP contribution is -2.10. The summed E-state index contributed by atoms with van der Waals surface area (Å²) in [6.45, 7) is 21.6. The number of aromatic nitrogens is 4. The van der Waals surface area contributed by atoms with Crippen LogP contribution in [0.3, 0.4) is 0 Å². The lowest BCUT2D eigenvalue weighted by molar-refractivity contribution is 0.590. The van der Waals surface area contributed by atoms with Gasteiger partial charge in [0.15, 0.2) is 5.82 Å². The number of benzene rings is 4. The number of hydrogen-bond donors (Lipinski definition) is 0. The molecule has 0 N–H and O–H groups in total. The van der Waals surface area contributed by atoms with Crippen LogP contribution in [0.15, 0.2) is 98.2 Å². The second-order valence-electron chi connectivity index (χ2n) is 13.9. The largest absolute Gasteiger partial charge is 0.307 e. The molecule has 0 bridgehead atoms. The Morgan fingerprint density at radius 2 is 0.977 bits per heavy atom. The standard InChI is InChI=1S/C40H38N4/c1-9-25-11-15-34-30(19-25)31-20-26(10-2)12-16-35(31)43(34)29-23-38(42-41-24-29)44-36-17-13-27(39(3,4)5)21-32(36)33-22-28(40(6,7)8)14-18-37(33)44/h9-24H,1-2H2,3-8H3. The van der Waals surface area contributed by atoms with E-state index in [4.69, 9.17) is 5.10 Å². The van der Waals surface area contributed by atoms with E-state index in [1.54, 1.807) is 0 Å². The minimum atomic E-state index is 0.0391. The first-order valence-electron chi connectivity index (χ1n) is 15.2. The zero-order valence-corrected chi connectivity index (χ0v) is 26.4. The van der Waals surface area contributed by atoms with E-state index in [0.717, 1.165) is 44.7 Å². The summed E-state index contributed by atoms with van der Waals surface area (Å²) in [5.74, 6) is 0.787. The second kappa shape index (κ2) is 9.78. The average Bonchev–Trinajstić information content (AvgIpc) is 3.51. The third-order valence-corrected chi connectivity index (χ3v) is 8.90. The molecule has 4 aromatic carbocycles. The Kier molecular flexibility index (Phi) is 6.19. The Morgan fingerprint density at radius 3 is 1.43 bits per heavy atom. The van der Waals surface area contributed by atoms with E-state index in [1.807, 2.05) is 18.3 Å². The Morgan fingerprint density at radius 1 is 0.545 bits per heavy atom. The SMILES string of the molecule is C=Cc1ccc2c(c1)c1cc(C=C)ccc1n2-c1cnnc(-n2c3ccc(C(C)(C)C)cc3c3cc(C(C)(C)C)ccc32)c1. The van der Waals surface area contributed by atoms with Crippen molar-refractivity contribution in [3.05, 3.63) is 120 Å². The molecule has 4 heteroatoms. The smallest absolute Gasteiger partial charge is 0.162 e. The van der Waals surface area contributed by atoms with Gasteiger partial charge in [-0.15, -0.1) is 5.10 Å². The zero-order valence-electron chi connectivity index (χ0n) is 26.4. The highest BCUT2D eigenvalue weighted by Gasteiger charge is 2.22. The Labute approximate surface area is 259 Å². The van der Waals surface area contributed by atoms with E-state index in [-0.39, 0.29) is 10.8 Å². The highest BCUT2D eigenvalue weighted by molar-refractivity contribution is 6.11. The molecule has 0 fully saturated rings. The van der Waals surface area contributed by atoms with E-state index in [9.17, 15) is 0 Å². The van der Waals surface area contributed by atoms with Gasteiger partial charge in [-0.2, -0.15) is 5.10 Å². The van der Waals surface area contributed by atoms with Crippen molar-refractivity contribution in [3.63, 3.8) is 0 Å². The molecule has 0 radical (unpaired) electrons. The maximum atomic E-state index is 4.72. The molecule has 3 aromatic heterocycles. The molecule has 4 nitrogen and oxygen atoms in total. The monoisotopic (exact) mass is 574 g/mol. The number of hydrogen-bond acceptors (Lipinski definition) is 2. The van der Waals surface area contributed by atoms with Crippen LogP contribution in [0.2, 0.25) is 0 Å². The Balaban J connectivity index is 1.52. The van der Waals surface area contributed by atoms with Crippen LogP contribution in [-0.4, -0.2) is 19.3 Å². The third-order valence-electron chi connectivity index (χ3n) is 8.90. The average molecular weight is 575 g/mol. The van der Waals surface area contributed by atoms with Gasteiger partial charge < -0.3 is 4.57 Å². The van der Waals surface area contributed by atoms with Crippen molar-refractivity contribution in [3.8, 4) is 11.5 Å². The molecule has 44 heavy (non-hydrogen) atoms. The van der Waals surface area contributed by atoms with Gasteiger partial charge in [-0.05, 0) is 81.6 Å². The lowest BCUT2D eigenvalue weighted by atomic mass is 9.85. The minimum Gasteiger partial charge on any atom is -0.307 e. The fourth-order valence-electron chi connectivity index (χ4n) is 6.37. The molecular formula is C40H38N4. The van der Waals surface area contributed by atoms with Gasteiger partial charge in [0.2, 0.25) is 0 Å². The first-order valence-corrected chi connectivity index (χ1v) is 15.2. The normalized spacial score (nSPS) is 12.5. The molecule has 218 valence electrons. The summed E-state index contributed by atoms with van der Waals surface area (Å²) in [5.41, 5.74) is 10.3. The fraction of sp³-hybridized carbons (Fsp3) is 0.200. The molecule has 0 aliphatic heterocycles. The van der Waals surface area contributed by atoms with Crippen LogP contribution in [0.4, 0.5) is 0 Å². The summed E-state index contributed by atoms with van der Waals surface area (Å²) >= 11 is 0. The molecule has 0 amide bonds. The summed E-state index contributed by atoms with van der Waals surface area (Å²) in [4.78, 5) is 0. The van der Waals surface area contributed by atoms with Gasteiger partial charge in [-0.25, -0.2) is 0 Å². The van der Waals surface area contributed by atoms with Gasteiger partial charge in [0.1, 0.15) is 0 Å². The number of nitrogens with zero attached hydrogens (tertiary/aromatic N) is 4. The maximum absolute atomic E-state index is 4.72. The van der Waals surface area contributed by atoms with E-state index < -0.39 is 0 Å². The lowest BCUT2D eigenvalue weighted by Gasteiger charge is -2.19. The molecule has 0 unspecified atom stereocenters. The molecule has 0 saturated carbocycles. The molecule has 0 saturated heterocycles. The van der Waals surface area contributed by atoms with E-state index in [2.05, 4.69) is 148 Å². The van der Waals surface area contributed by atoms with Crippen LogP contribution in [0.1, 0.15) is 63.8 Å². The van der Waals surface area contributed by atoms with Gasteiger partial charge in [0.25, 0.3) is 0 Å². The summed E-state index contributed by atoms with van der Waals surface area (Å²) in [6, 6.07) is 28.8. The van der Waals surface area contributed by atoms with Crippen molar-refractivity contribution >= 4 is 55.8 Å². The van der Waals surface area contributed by atoms with Crippen molar-refractivity contribution in [1.29, 1.82) is 0 Å². The topological polar surface area (TPSA) is 35.6 Å². The fourth-order valence-corrected chi connectivity index (χ4v) is 6.37. The van der Waals surface area contributed by atoms with Crippen molar-refractivity contribution in [2.24, 2.45) is 0 Å². The second-order valence-corrected chi connectivity index (χ2v) is 13.9.